The summed E-state index contributed by atoms with van der Waals surface area (Å²) >= 11 is 0. The van der Waals surface area contributed by atoms with Crippen LogP contribution in [0.5, 0.6) is 0 Å². The first-order valence-corrected chi connectivity index (χ1v) is 10.2. The number of nitrogens with zero attached hydrogens (tertiary/aromatic N) is 4. The first kappa shape index (κ1) is 23.8. The summed E-state index contributed by atoms with van der Waals surface area (Å²) in [5, 5.41) is 11.2. The number of carbonyl (C=O) groups excluding carboxylic acids is 2. The van der Waals surface area contributed by atoms with Crippen molar-refractivity contribution in [1.29, 1.82) is 0 Å². The average molecular weight is 430 g/mol. The highest BCUT2D eigenvalue weighted by Crippen LogP contribution is 2.22. The van der Waals surface area contributed by atoms with Gasteiger partial charge in [0.1, 0.15) is 18.3 Å². The van der Waals surface area contributed by atoms with Gasteiger partial charge < -0.3 is 21.5 Å². The normalized spacial score (nSPS) is 12.8. The van der Waals surface area contributed by atoms with E-state index in [1.165, 1.54) is 11.6 Å². The maximum absolute atomic E-state index is 12.3. The van der Waals surface area contributed by atoms with Crippen LogP contribution >= 0.6 is 0 Å². The minimum atomic E-state index is -0.544. The average Bonchev–Trinajstić information content (AvgIpc) is 3.19. The molecule has 2 aromatic rings. The molecule has 2 rings (SSSR count). The predicted octanol–water partition coefficient (Wildman–Crippen LogP) is 2.09. The second kappa shape index (κ2) is 11.7. The number of amides is 1. The molecule has 1 aromatic carbocycles. The largest absolute Gasteiger partial charge is 0.445 e. The van der Waals surface area contributed by atoms with E-state index in [2.05, 4.69) is 20.6 Å². The number of aromatic nitrogens is 3. The number of carbonyl (C=O) groups is 2. The number of Topliss-reactive ketones (excluding diaryl/α,β-unsaturated/α-hetero) is 1. The molecule has 5 N–H and O–H groups in total. The molecule has 10 heteroatoms. The van der Waals surface area contributed by atoms with Crippen molar-refractivity contribution in [2.75, 3.05) is 6.54 Å². The molecule has 0 saturated heterocycles. The maximum Gasteiger partial charge on any atom is 0.408 e. The molecule has 0 aliphatic carbocycles. The van der Waals surface area contributed by atoms with Gasteiger partial charge in [-0.2, -0.15) is 0 Å². The fourth-order valence-electron chi connectivity index (χ4n) is 3.07. The van der Waals surface area contributed by atoms with Gasteiger partial charge in [0.25, 0.3) is 0 Å². The minimum Gasteiger partial charge on any atom is -0.445 e. The quantitative estimate of drug-likeness (QED) is 0.281. The SMILES string of the molecule is CC(=O)[C@H](CCCN=C(N)N)n1cc([C@@H](NC(=O)OCc2ccccc2)C(C)C)nn1. The molecule has 1 aromatic heterocycles. The van der Waals surface area contributed by atoms with Gasteiger partial charge in [0.05, 0.1) is 12.2 Å². The van der Waals surface area contributed by atoms with Crippen molar-refractivity contribution in [3.05, 3.63) is 47.8 Å². The monoisotopic (exact) mass is 429 g/mol. The maximum atomic E-state index is 12.3. The summed E-state index contributed by atoms with van der Waals surface area (Å²) in [6, 6.07) is 8.54. The van der Waals surface area contributed by atoms with Crippen molar-refractivity contribution in [2.45, 2.75) is 52.3 Å². The highest BCUT2D eigenvalue weighted by molar-refractivity contribution is 5.79. The Morgan fingerprint density at radius 3 is 2.55 bits per heavy atom. The predicted molar refractivity (Wildman–Crippen MR) is 117 cm³/mol. The van der Waals surface area contributed by atoms with Crippen LogP contribution in [0.1, 0.15) is 57.0 Å². The zero-order valence-electron chi connectivity index (χ0n) is 18.2. The van der Waals surface area contributed by atoms with Crippen LogP contribution in [0.15, 0.2) is 41.5 Å². The van der Waals surface area contributed by atoms with Crippen LogP contribution in [-0.2, 0) is 16.1 Å². The van der Waals surface area contributed by atoms with E-state index in [-0.39, 0.29) is 24.3 Å². The number of rotatable bonds is 11. The molecule has 0 aliphatic heterocycles. The van der Waals surface area contributed by atoms with Gasteiger partial charge in [0.15, 0.2) is 11.7 Å². The molecule has 0 bridgehead atoms. The van der Waals surface area contributed by atoms with E-state index in [9.17, 15) is 9.59 Å². The van der Waals surface area contributed by atoms with E-state index in [1.54, 1.807) is 6.20 Å². The van der Waals surface area contributed by atoms with Crippen LogP contribution < -0.4 is 16.8 Å². The van der Waals surface area contributed by atoms with Gasteiger partial charge >= 0.3 is 6.09 Å². The number of hydrogen-bond donors (Lipinski definition) is 3. The zero-order valence-corrected chi connectivity index (χ0v) is 18.2. The zero-order chi connectivity index (χ0) is 22.8. The Labute approximate surface area is 182 Å². The molecule has 31 heavy (non-hydrogen) atoms. The Kier molecular flexibility index (Phi) is 8.98. The number of ketones is 1. The molecule has 0 unspecified atom stereocenters. The number of nitrogens with one attached hydrogen (secondary N) is 1. The third-order valence-electron chi connectivity index (χ3n) is 4.72. The number of guanidine groups is 1. The first-order valence-electron chi connectivity index (χ1n) is 10.2. The van der Waals surface area contributed by atoms with Crippen LogP contribution in [0.4, 0.5) is 4.79 Å². The lowest BCUT2D eigenvalue weighted by Gasteiger charge is -2.20. The molecular formula is C21H31N7O3. The number of alkyl carbamates (subject to hydrolysis) is 1. The summed E-state index contributed by atoms with van der Waals surface area (Å²) in [6.45, 7) is 6.02. The van der Waals surface area contributed by atoms with Gasteiger partial charge in [-0.15, -0.1) is 5.10 Å². The molecule has 0 radical (unpaired) electrons. The van der Waals surface area contributed by atoms with Crippen LogP contribution in [0.25, 0.3) is 0 Å². The summed E-state index contributed by atoms with van der Waals surface area (Å²) < 4.78 is 6.84. The van der Waals surface area contributed by atoms with Gasteiger partial charge in [-0.25, -0.2) is 9.48 Å². The Balaban J connectivity index is 2.02. The number of ether oxygens (including phenoxy) is 1. The number of nitrogens with two attached hydrogens (primary N) is 2. The molecular weight excluding hydrogens is 398 g/mol. The van der Waals surface area contributed by atoms with Gasteiger partial charge in [0, 0.05) is 6.54 Å². The number of aliphatic imine (C=N–C) groups is 1. The highest BCUT2D eigenvalue weighted by atomic mass is 16.5. The van der Waals surface area contributed by atoms with Crippen LogP contribution in [0.2, 0.25) is 0 Å². The summed E-state index contributed by atoms with van der Waals surface area (Å²) in [6.07, 6.45) is 2.29. The minimum absolute atomic E-state index is 0.0208. The fourth-order valence-corrected chi connectivity index (χ4v) is 3.07. The van der Waals surface area contributed by atoms with Gasteiger partial charge in [-0.1, -0.05) is 49.4 Å². The van der Waals surface area contributed by atoms with Gasteiger partial charge in [0.2, 0.25) is 0 Å². The smallest absolute Gasteiger partial charge is 0.408 e. The highest BCUT2D eigenvalue weighted by Gasteiger charge is 2.25. The van der Waals surface area contributed by atoms with Crippen molar-refractivity contribution >= 4 is 17.8 Å². The Morgan fingerprint density at radius 2 is 1.94 bits per heavy atom. The van der Waals surface area contributed by atoms with Crippen molar-refractivity contribution in [3.63, 3.8) is 0 Å². The molecule has 168 valence electrons. The van der Waals surface area contributed by atoms with E-state index in [0.29, 0.717) is 25.1 Å². The Morgan fingerprint density at radius 1 is 1.23 bits per heavy atom. The number of hydrogen-bond acceptors (Lipinski definition) is 6. The molecule has 0 saturated carbocycles. The second-order valence-corrected chi connectivity index (χ2v) is 7.63. The van der Waals surface area contributed by atoms with Crippen LogP contribution in [-0.4, -0.2) is 39.4 Å². The molecule has 0 aliphatic rings. The standard InChI is InChI=1S/C21H31N7O3/c1-14(2)19(25-21(30)31-13-16-8-5-4-6-9-16)17-12-28(27-26-17)18(15(3)29)10-7-11-24-20(22)23/h4-6,8-9,12,14,18-19H,7,10-11,13H2,1-3H3,(H,25,30)(H4,22,23,24)/t18-,19-/m0/s1. The van der Waals surface area contributed by atoms with Crippen LogP contribution in [0, 0.1) is 5.92 Å². The number of benzene rings is 1. The van der Waals surface area contributed by atoms with Crippen molar-refractivity contribution in [3.8, 4) is 0 Å². The molecule has 10 nitrogen and oxygen atoms in total. The topological polar surface area (TPSA) is 151 Å². The molecule has 2 atom stereocenters. The van der Waals surface area contributed by atoms with Gasteiger partial charge in [-0.3, -0.25) is 9.79 Å². The Hall–Kier alpha value is -3.43. The van der Waals surface area contributed by atoms with E-state index in [1.807, 2.05) is 44.2 Å². The van der Waals surface area contributed by atoms with E-state index < -0.39 is 18.2 Å². The van der Waals surface area contributed by atoms with Crippen molar-refractivity contribution in [2.24, 2.45) is 22.4 Å². The van der Waals surface area contributed by atoms with Crippen molar-refractivity contribution < 1.29 is 14.3 Å². The third-order valence-corrected chi connectivity index (χ3v) is 4.72. The molecule has 0 fully saturated rings. The lowest BCUT2D eigenvalue weighted by molar-refractivity contribution is -0.120. The van der Waals surface area contributed by atoms with E-state index in [4.69, 9.17) is 16.2 Å². The summed E-state index contributed by atoms with van der Waals surface area (Å²) in [7, 11) is 0. The lowest BCUT2D eigenvalue weighted by Crippen LogP contribution is -2.32. The van der Waals surface area contributed by atoms with Crippen molar-refractivity contribution in [1.82, 2.24) is 20.3 Å². The summed E-state index contributed by atoms with van der Waals surface area (Å²) in [5.41, 5.74) is 12.1. The summed E-state index contributed by atoms with van der Waals surface area (Å²) in [5.74, 6) is 0.0111. The third kappa shape index (κ3) is 7.72. The first-order chi connectivity index (χ1) is 14.8. The fraction of sp³-hybridized carbons (Fsp3) is 0.476. The second-order valence-electron chi connectivity index (χ2n) is 7.63. The van der Waals surface area contributed by atoms with E-state index >= 15 is 0 Å². The summed E-state index contributed by atoms with van der Waals surface area (Å²) in [4.78, 5) is 28.4. The Bertz CT molecular complexity index is 876. The molecule has 0 spiro atoms. The van der Waals surface area contributed by atoms with Crippen LogP contribution in [0.3, 0.4) is 0 Å². The molecule has 1 amide bonds. The lowest BCUT2D eigenvalue weighted by atomic mass is 10.0. The van der Waals surface area contributed by atoms with E-state index in [0.717, 1.165) is 5.56 Å². The van der Waals surface area contributed by atoms with Gasteiger partial charge in [-0.05, 0) is 31.2 Å². The molecule has 1 heterocycles.